The van der Waals surface area contributed by atoms with Gasteiger partial charge < -0.3 is 10.7 Å². The molecule has 1 aromatic carbocycles. The Labute approximate surface area is 96.9 Å². The first-order valence-corrected chi connectivity index (χ1v) is 5.53. The number of hydrogen-bond donors (Lipinski definition) is 2. The average Bonchev–Trinajstić information content (AvgIpc) is 2.68. The number of aromatic amines is 1. The smallest absolute Gasteiger partial charge is 0.123 e. The first-order valence-electron chi connectivity index (χ1n) is 4.73. The lowest BCUT2D eigenvalue weighted by Crippen LogP contribution is -2.06. The monoisotopic (exact) mass is 265 g/mol. The molecule has 0 saturated carbocycles. The van der Waals surface area contributed by atoms with E-state index in [4.69, 9.17) is 5.73 Å². The number of halogens is 1. The molecule has 0 amide bonds. The molecule has 1 heterocycles. The predicted octanol–water partition coefficient (Wildman–Crippen LogP) is 2.86. The Morgan fingerprint density at radius 2 is 2.00 bits per heavy atom. The van der Waals surface area contributed by atoms with Crippen LogP contribution in [0.25, 0.3) is 11.3 Å². The summed E-state index contributed by atoms with van der Waals surface area (Å²) in [5.41, 5.74) is 7.74. The first kappa shape index (κ1) is 10.4. The van der Waals surface area contributed by atoms with Crippen molar-refractivity contribution in [1.82, 2.24) is 9.97 Å². The maximum Gasteiger partial charge on any atom is 0.123 e. The van der Waals surface area contributed by atoms with E-state index in [-0.39, 0.29) is 6.04 Å². The maximum atomic E-state index is 5.73. The van der Waals surface area contributed by atoms with Crippen LogP contribution < -0.4 is 5.73 Å². The van der Waals surface area contributed by atoms with Crippen molar-refractivity contribution in [2.24, 2.45) is 5.73 Å². The molecule has 1 unspecified atom stereocenters. The van der Waals surface area contributed by atoms with Gasteiger partial charge in [0.2, 0.25) is 0 Å². The molecular weight excluding hydrogens is 254 g/mol. The molecule has 0 aliphatic rings. The van der Waals surface area contributed by atoms with Crippen molar-refractivity contribution in [2.75, 3.05) is 0 Å². The van der Waals surface area contributed by atoms with Crippen molar-refractivity contribution in [3.63, 3.8) is 0 Å². The minimum Gasteiger partial charge on any atom is -0.347 e. The Morgan fingerprint density at radius 1 is 1.33 bits per heavy atom. The van der Waals surface area contributed by atoms with Gasteiger partial charge in [0.25, 0.3) is 0 Å². The van der Waals surface area contributed by atoms with E-state index in [0.717, 1.165) is 21.6 Å². The quantitative estimate of drug-likeness (QED) is 0.878. The van der Waals surface area contributed by atoms with Crippen LogP contribution in [0.5, 0.6) is 0 Å². The number of benzene rings is 1. The standard InChI is InChI=1S/C11H12BrN3/c1-7(13)11-14-6-10(15-11)8-2-4-9(12)5-3-8/h2-7H,13H2,1H3,(H,14,15). The van der Waals surface area contributed by atoms with Gasteiger partial charge in [-0.1, -0.05) is 28.1 Å². The third-order valence-electron chi connectivity index (χ3n) is 2.17. The second-order valence-electron chi connectivity index (χ2n) is 3.47. The number of hydrogen-bond acceptors (Lipinski definition) is 2. The topological polar surface area (TPSA) is 54.7 Å². The Balaban J connectivity index is 2.33. The van der Waals surface area contributed by atoms with Gasteiger partial charge in [0.1, 0.15) is 5.82 Å². The third-order valence-corrected chi connectivity index (χ3v) is 2.70. The van der Waals surface area contributed by atoms with E-state index in [1.165, 1.54) is 0 Å². The first-order chi connectivity index (χ1) is 7.16. The van der Waals surface area contributed by atoms with E-state index in [9.17, 15) is 0 Å². The van der Waals surface area contributed by atoms with E-state index in [1.54, 1.807) is 0 Å². The highest BCUT2D eigenvalue weighted by atomic mass is 79.9. The summed E-state index contributed by atoms with van der Waals surface area (Å²) in [5, 5.41) is 0. The summed E-state index contributed by atoms with van der Waals surface area (Å²) in [6, 6.07) is 7.97. The summed E-state index contributed by atoms with van der Waals surface area (Å²) >= 11 is 3.40. The van der Waals surface area contributed by atoms with Crippen molar-refractivity contribution in [3.05, 3.63) is 40.8 Å². The van der Waals surface area contributed by atoms with Crippen LogP contribution in [-0.4, -0.2) is 9.97 Å². The zero-order chi connectivity index (χ0) is 10.8. The number of aromatic nitrogens is 2. The summed E-state index contributed by atoms with van der Waals surface area (Å²) in [7, 11) is 0. The van der Waals surface area contributed by atoms with Gasteiger partial charge in [0.15, 0.2) is 0 Å². The van der Waals surface area contributed by atoms with Crippen molar-refractivity contribution < 1.29 is 0 Å². The summed E-state index contributed by atoms with van der Waals surface area (Å²) in [5.74, 6) is 0.813. The second-order valence-corrected chi connectivity index (χ2v) is 4.38. The molecule has 3 nitrogen and oxygen atoms in total. The average molecular weight is 266 g/mol. The Kier molecular flexibility index (Phi) is 2.88. The number of imidazole rings is 1. The maximum absolute atomic E-state index is 5.73. The zero-order valence-electron chi connectivity index (χ0n) is 8.37. The molecule has 0 fully saturated rings. The molecule has 0 radical (unpaired) electrons. The van der Waals surface area contributed by atoms with Crippen LogP contribution in [0.4, 0.5) is 0 Å². The van der Waals surface area contributed by atoms with Gasteiger partial charge in [-0.25, -0.2) is 4.98 Å². The number of rotatable bonds is 2. The van der Waals surface area contributed by atoms with E-state index >= 15 is 0 Å². The largest absolute Gasteiger partial charge is 0.347 e. The molecule has 1 atom stereocenters. The number of nitrogens with zero attached hydrogens (tertiary/aromatic N) is 1. The van der Waals surface area contributed by atoms with Crippen molar-refractivity contribution in [2.45, 2.75) is 13.0 Å². The molecule has 78 valence electrons. The van der Waals surface area contributed by atoms with E-state index in [1.807, 2.05) is 37.4 Å². The number of nitrogens with two attached hydrogens (primary N) is 1. The van der Waals surface area contributed by atoms with Gasteiger partial charge in [-0.3, -0.25) is 0 Å². The third kappa shape index (κ3) is 2.27. The minimum atomic E-state index is -0.0609. The fourth-order valence-electron chi connectivity index (χ4n) is 1.34. The molecule has 0 spiro atoms. The normalized spacial score (nSPS) is 12.7. The SMILES string of the molecule is CC(N)c1nc(-c2ccc(Br)cc2)c[nH]1. The van der Waals surface area contributed by atoms with Gasteiger partial charge in [-0.2, -0.15) is 0 Å². The summed E-state index contributed by atoms with van der Waals surface area (Å²) < 4.78 is 1.06. The highest BCUT2D eigenvalue weighted by Gasteiger charge is 2.06. The molecule has 0 aliphatic carbocycles. The van der Waals surface area contributed by atoms with Crippen LogP contribution in [0, 0.1) is 0 Å². The molecule has 0 aliphatic heterocycles. The summed E-state index contributed by atoms with van der Waals surface area (Å²) in [4.78, 5) is 7.48. The van der Waals surface area contributed by atoms with Crippen LogP contribution in [0.1, 0.15) is 18.8 Å². The second kappa shape index (κ2) is 4.16. The Bertz CT molecular complexity index is 445. The van der Waals surface area contributed by atoms with E-state index in [2.05, 4.69) is 25.9 Å². The summed E-state index contributed by atoms with van der Waals surface area (Å²) in [6.45, 7) is 1.91. The van der Waals surface area contributed by atoms with E-state index in [0.29, 0.717) is 0 Å². The zero-order valence-corrected chi connectivity index (χ0v) is 9.95. The minimum absolute atomic E-state index is 0.0609. The highest BCUT2D eigenvalue weighted by molar-refractivity contribution is 9.10. The van der Waals surface area contributed by atoms with Crippen LogP contribution in [0.2, 0.25) is 0 Å². The molecule has 0 saturated heterocycles. The van der Waals surface area contributed by atoms with Gasteiger partial charge in [-0.15, -0.1) is 0 Å². The Hall–Kier alpha value is -1.13. The molecule has 2 rings (SSSR count). The lowest BCUT2D eigenvalue weighted by Gasteiger charge is -1.98. The fourth-order valence-corrected chi connectivity index (χ4v) is 1.60. The van der Waals surface area contributed by atoms with Crippen LogP contribution in [0.15, 0.2) is 34.9 Å². The van der Waals surface area contributed by atoms with Gasteiger partial charge >= 0.3 is 0 Å². The van der Waals surface area contributed by atoms with Crippen molar-refractivity contribution in [1.29, 1.82) is 0 Å². The molecule has 0 bridgehead atoms. The van der Waals surface area contributed by atoms with Crippen LogP contribution >= 0.6 is 15.9 Å². The lowest BCUT2D eigenvalue weighted by molar-refractivity contribution is 0.756. The van der Waals surface area contributed by atoms with Crippen LogP contribution in [0.3, 0.4) is 0 Å². The summed E-state index contributed by atoms with van der Waals surface area (Å²) in [6.07, 6.45) is 1.88. The van der Waals surface area contributed by atoms with Gasteiger partial charge in [-0.05, 0) is 19.1 Å². The van der Waals surface area contributed by atoms with Crippen molar-refractivity contribution in [3.8, 4) is 11.3 Å². The van der Waals surface area contributed by atoms with Crippen molar-refractivity contribution >= 4 is 15.9 Å². The number of H-pyrrole nitrogens is 1. The molecule has 4 heteroatoms. The van der Waals surface area contributed by atoms with Crippen LogP contribution in [-0.2, 0) is 0 Å². The number of nitrogens with one attached hydrogen (secondary N) is 1. The molecule has 1 aromatic heterocycles. The lowest BCUT2D eigenvalue weighted by atomic mass is 10.2. The van der Waals surface area contributed by atoms with Gasteiger partial charge in [0, 0.05) is 16.2 Å². The molecule has 2 aromatic rings. The highest BCUT2D eigenvalue weighted by Crippen LogP contribution is 2.20. The molecule has 15 heavy (non-hydrogen) atoms. The van der Waals surface area contributed by atoms with E-state index < -0.39 is 0 Å². The molecule has 3 N–H and O–H groups in total. The van der Waals surface area contributed by atoms with Gasteiger partial charge in [0.05, 0.1) is 11.7 Å². The Morgan fingerprint density at radius 3 is 2.53 bits per heavy atom. The predicted molar refractivity (Wildman–Crippen MR) is 64.3 cm³/mol. The fraction of sp³-hybridized carbons (Fsp3) is 0.182. The molecular formula is C11H12BrN3.